The molecule has 0 aliphatic rings. The Bertz CT molecular complexity index is 516. The number of hydrogen-bond donors (Lipinski definition) is 1. The average Bonchev–Trinajstić information content (AvgIpc) is 2.70. The van der Waals surface area contributed by atoms with E-state index in [1.54, 1.807) is 12.1 Å². The van der Waals surface area contributed by atoms with E-state index in [9.17, 15) is 4.79 Å². The Hall–Kier alpha value is -1.11. The molecule has 0 radical (unpaired) electrons. The SMILES string of the molecule is O=C(O)c1ccc(Cl)cc1Sc1ncns1. The molecule has 0 atom stereocenters. The monoisotopic (exact) mass is 272 g/mol. The molecule has 16 heavy (non-hydrogen) atoms. The van der Waals surface area contributed by atoms with Crippen molar-refractivity contribution in [3.63, 3.8) is 0 Å². The largest absolute Gasteiger partial charge is 0.478 e. The van der Waals surface area contributed by atoms with Gasteiger partial charge in [-0.05, 0) is 29.7 Å². The number of rotatable bonds is 3. The molecule has 0 bridgehead atoms. The van der Waals surface area contributed by atoms with Crippen LogP contribution in [0.4, 0.5) is 0 Å². The fraction of sp³-hybridized carbons (Fsp3) is 0. The van der Waals surface area contributed by atoms with Gasteiger partial charge in [0.05, 0.1) is 5.56 Å². The van der Waals surface area contributed by atoms with Crippen molar-refractivity contribution in [1.29, 1.82) is 0 Å². The summed E-state index contributed by atoms with van der Waals surface area (Å²) in [6, 6.07) is 4.64. The lowest BCUT2D eigenvalue weighted by molar-refractivity contribution is 0.0693. The van der Waals surface area contributed by atoms with E-state index >= 15 is 0 Å². The van der Waals surface area contributed by atoms with Crippen LogP contribution in [0, 0.1) is 0 Å². The Morgan fingerprint density at radius 2 is 2.31 bits per heavy atom. The van der Waals surface area contributed by atoms with Crippen molar-refractivity contribution in [3.05, 3.63) is 35.1 Å². The van der Waals surface area contributed by atoms with Crippen LogP contribution in [0.5, 0.6) is 0 Å². The maximum Gasteiger partial charge on any atom is 0.336 e. The van der Waals surface area contributed by atoms with Crippen molar-refractivity contribution >= 4 is 40.9 Å². The van der Waals surface area contributed by atoms with E-state index in [2.05, 4.69) is 9.36 Å². The van der Waals surface area contributed by atoms with E-state index in [1.807, 2.05) is 0 Å². The first-order valence-electron chi connectivity index (χ1n) is 4.14. The number of halogens is 1. The van der Waals surface area contributed by atoms with Crippen molar-refractivity contribution in [3.8, 4) is 0 Å². The van der Waals surface area contributed by atoms with Gasteiger partial charge in [0.2, 0.25) is 0 Å². The molecule has 1 heterocycles. The summed E-state index contributed by atoms with van der Waals surface area (Å²) in [5, 5.41) is 9.49. The minimum absolute atomic E-state index is 0.213. The van der Waals surface area contributed by atoms with Crippen molar-refractivity contribution < 1.29 is 9.90 Å². The minimum atomic E-state index is -0.983. The zero-order valence-corrected chi connectivity index (χ0v) is 10.1. The zero-order valence-electron chi connectivity index (χ0n) is 7.75. The number of benzene rings is 1. The second-order valence-corrected chi connectivity index (χ2v) is 5.26. The van der Waals surface area contributed by atoms with Gasteiger partial charge in [-0.15, -0.1) is 0 Å². The average molecular weight is 273 g/mol. The van der Waals surface area contributed by atoms with Crippen LogP contribution in [0.25, 0.3) is 0 Å². The molecule has 1 N–H and O–H groups in total. The highest BCUT2D eigenvalue weighted by molar-refractivity contribution is 8.01. The van der Waals surface area contributed by atoms with Gasteiger partial charge in [-0.2, -0.15) is 4.37 Å². The number of carboxylic acid groups (broad SMARTS) is 1. The summed E-state index contributed by atoms with van der Waals surface area (Å²) in [4.78, 5) is 15.5. The van der Waals surface area contributed by atoms with Gasteiger partial charge in [0, 0.05) is 9.92 Å². The summed E-state index contributed by atoms with van der Waals surface area (Å²) in [5.41, 5.74) is 0.213. The van der Waals surface area contributed by atoms with Gasteiger partial charge in [0.15, 0.2) is 4.34 Å². The van der Waals surface area contributed by atoms with Crippen LogP contribution >= 0.6 is 34.9 Å². The van der Waals surface area contributed by atoms with Crippen LogP contribution in [0.1, 0.15) is 10.4 Å². The summed E-state index contributed by atoms with van der Waals surface area (Å²) >= 11 is 8.28. The van der Waals surface area contributed by atoms with Gasteiger partial charge < -0.3 is 5.11 Å². The lowest BCUT2D eigenvalue weighted by Gasteiger charge is -2.03. The topological polar surface area (TPSA) is 63.1 Å². The van der Waals surface area contributed by atoms with Crippen LogP contribution in [-0.2, 0) is 0 Å². The molecule has 0 amide bonds. The summed E-state index contributed by atoms with van der Waals surface area (Å²) in [6.07, 6.45) is 1.43. The van der Waals surface area contributed by atoms with Crippen LogP contribution in [0.15, 0.2) is 33.8 Å². The van der Waals surface area contributed by atoms with Gasteiger partial charge in [-0.1, -0.05) is 23.4 Å². The van der Waals surface area contributed by atoms with Gasteiger partial charge in [0.1, 0.15) is 6.33 Å². The van der Waals surface area contributed by atoms with Crippen LogP contribution < -0.4 is 0 Å². The molecule has 0 saturated heterocycles. The molecular formula is C9H5ClN2O2S2. The van der Waals surface area contributed by atoms with Crippen molar-refractivity contribution in [2.24, 2.45) is 0 Å². The van der Waals surface area contributed by atoms with Crippen LogP contribution in [0.3, 0.4) is 0 Å². The van der Waals surface area contributed by atoms with Crippen molar-refractivity contribution in [2.45, 2.75) is 9.24 Å². The van der Waals surface area contributed by atoms with Gasteiger partial charge >= 0.3 is 5.97 Å². The Morgan fingerprint density at radius 1 is 1.50 bits per heavy atom. The van der Waals surface area contributed by atoms with E-state index in [-0.39, 0.29) is 5.56 Å². The Kier molecular flexibility index (Phi) is 3.42. The predicted octanol–water partition coefficient (Wildman–Crippen LogP) is 3.04. The zero-order chi connectivity index (χ0) is 11.5. The van der Waals surface area contributed by atoms with E-state index in [1.165, 1.54) is 35.7 Å². The number of hydrogen-bond acceptors (Lipinski definition) is 5. The minimum Gasteiger partial charge on any atom is -0.478 e. The number of aromatic carboxylic acids is 1. The molecule has 0 fully saturated rings. The molecule has 1 aromatic heterocycles. The Morgan fingerprint density at radius 3 is 2.94 bits per heavy atom. The molecule has 0 spiro atoms. The lowest BCUT2D eigenvalue weighted by Crippen LogP contribution is -1.98. The fourth-order valence-corrected chi connectivity index (χ4v) is 2.86. The normalized spacial score (nSPS) is 10.3. The van der Waals surface area contributed by atoms with Gasteiger partial charge in [-0.3, -0.25) is 0 Å². The second-order valence-electron chi connectivity index (χ2n) is 2.75. The molecule has 0 aliphatic carbocycles. The van der Waals surface area contributed by atoms with Crippen LogP contribution in [-0.4, -0.2) is 20.4 Å². The molecule has 2 rings (SSSR count). The highest BCUT2D eigenvalue weighted by atomic mass is 35.5. The highest BCUT2D eigenvalue weighted by Gasteiger charge is 2.12. The summed E-state index contributed by atoms with van der Waals surface area (Å²) in [5.74, 6) is -0.983. The molecule has 7 heteroatoms. The van der Waals surface area contributed by atoms with Gasteiger partial charge in [0.25, 0.3) is 0 Å². The predicted molar refractivity (Wildman–Crippen MR) is 62.4 cm³/mol. The molecule has 4 nitrogen and oxygen atoms in total. The summed E-state index contributed by atoms with van der Waals surface area (Å²) < 4.78 is 4.53. The molecule has 2 aromatic rings. The fourth-order valence-electron chi connectivity index (χ4n) is 1.06. The third-order valence-electron chi connectivity index (χ3n) is 1.71. The Labute approximate surface area is 104 Å². The number of aromatic nitrogens is 2. The van der Waals surface area contributed by atoms with E-state index in [0.29, 0.717) is 14.3 Å². The quantitative estimate of drug-likeness (QED) is 0.930. The first-order valence-corrected chi connectivity index (χ1v) is 6.11. The van der Waals surface area contributed by atoms with E-state index < -0.39 is 5.97 Å². The summed E-state index contributed by atoms with van der Waals surface area (Å²) in [6.45, 7) is 0. The van der Waals surface area contributed by atoms with Crippen molar-refractivity contribution in [1.82, 2.24) is 9.36 Å². The van der Waals surface area contributed by atoms with Crippen LogP contribution in [0.2, 0.25) is 5.02 Å². The standard InChI is InChI=1S/C9H5ClN2O2S2/c10-5-1-2-6(8(13)14)7(3-5)15-9-11-4-12-16-9/h1-4H,(H,13,14). The van der Waals surface area contributed by atoms with Gasteiger partial charge in [-0.25, -0.2) is 9.78 Å². The van der Waals surface area contributed by atoms with E-state index in [0.717, 1.165) is 0 Å². The summed E-state index contributed by atoms with van der Waals surface area (Å²) in [7, 11) is 0. The number of nitrogens with zero attached hydrogens (tertiary/aromatic N) is 2. The number of carboxylic acids is 1. The Balaban J connectivity index is 2.38. The number of carbonyl (C=O) groups is 1. The third kappa shape index (κ3) is 2.52. The molecule has 0 unspecified atom stereocenters. The molecular weight excluding hydrogens is 268 g/mol. The molecule has 0 aliphatic heterocycles. The third-order valence-corrected chi connectivity index (χ3v) is 3.72. The highest BCUT2D eigenvalue weighted by Crippen LogP contribution is 2.32. The second kappa shape index (κ2) is 4.82. The van der Waals surface area contributed by atoms with Crippen molar-refractivity contribution in [2.75, 3.05) is 0 Å². The smallest absolute Gasteiger partial charge is 0.336 e. The maximum absolute atomic E-state index is 11.0. The molecule has 1 aromatic carbocycles. The first-order chi connectivity index (χ1) is 7.66. The molecule has 82 valence electrons. The lowest BCUT2D eigenvalue weighted by atomic mass is 10.2. The maximum atomic E-state index is 11.0. The first kappa shape index (κ1) is 11.4. The molecule has 0 saturated carbocycles. The van der Waals surface area contributed by atoms with E-state index in [4.69, 9.17) is 16.7 Å².